The van der Waals surface area contributed by atoms with E-state index in [1.165, 1.54) is 0 Å². The van der Waals surface area contributed by atoms with Crippen molar-refractivity contribution in [3.8, 4) is 11.5 Å². The van der Waals surface area contributed by atoms with E-state index in [-0.39, 0.29) is 16.9 Å². The molecule has 98 valence electrons. The van der Waals surface area contributed by atoms with Crippen LogP contribution in [-0.2, 0) is 6.42 Å². The molecule has 0 aliphatic carbocycles. The Bertz CT molecular complexity index is 529. The summed E-state index contributed by atoms with van der Waals surface area (Å²) < 4.78 is 5.84. The molecule has 0 amide bonds. The van der Waals surface area contributed by atoms with Gasteiger partial charge in [0.15, 0.2) is 0 Å². The SMILES string of the molecule is Cc1c(O)c(C)c(C(=O)O)c2c1CCC(C)(C)O2. The highest BCUT2D eigenvalue weighted by atomic mass is 16.5. The maximum Gasteiger partial charge on any atom is 0.339 e. The third kappa shape index (κ3) is 1.82. The van der Waals surface area contributed by atoms with Crippen LogP contribution in [0.4, 0.5) is 0 Å². The Hall–Kier alpha value is -1.71. The van der Waals surface area contributed by atoms with E-state index >= 15 is 0 Å². The van der Waals surface area contributed by atoms with Crippen molar-refractivity contribution >= 4 is 5.97 Å². The molecule has 1 heterocycles. The van der Waals surface area contributed by atoms with Crippen molar-refractivity contribution in [3.05, 3.63) is 22.3 Å². The molecule has 18 heavy (non-hydrogen) atoms. The number of benzene rings is 1. The molecule has 0 bridgehead atoms. The van der Waals surface area contributed by atoms with Crippen LogP contribution in [0.1, 0.15) is 47.3 Å². The first-order valence-corrected chi connectivity index (χ1v) is 6.02. The van der Waals surface area contributed by atoms with Gasteiger partial charge < -0.3 is 14.9 Å². The monoisotopic (exact) mass is 250 g/mol. The zero-order valence-corrected chi connectivity index (χ0v) is 11.1. The Labute approximate surface area is 106 Å². The molecule has 1 aromatic carbocycles. The number of carbonyl (C=O) groups is 1. The van der Waals surface area contributed by atoms with E-state index in [1.54, 1.807) is 13.8 Å². The maximum absolute atomic E-state index is 11.4. The van der Waals surface area contributed by atoms with Crippen molar-refractivity contribution in [2.75, 3.05) is 0 Å². The van der Waals surface area contributed by atoms with Gasteiger partial charge in [0.25, 0.3) is 0 Å². The minimum atomic E-state index is -1.06. The topological polar surface area (TPSA) is 66.8 Å². The second-order valence-corrected chi connectivity index (χ2v) is 5.45. The molecular formula is C14H18O4. The number of ether oxygens (including phenoxy) is 1. The molecule has 0 aromatic heterocycles. The van der Waals surface area contributed by atoms with Crippen molar-refractivity contribution in [2.24, 2.45) is 0 Å². The lowest BCUT2D eigenvalue weighted by Gasteiger charge is -2.35. The molecule has 1 aliphatic rings. The number of aromatic hydroxyl groups is 1. The molecule has 0 saturated carbocycles. The van der Waals surface area contributed by atoms with Gasteiger partial charge in [-0.1, -0.05) is 0 Å². The molecule has 0 saturated heterocycles. The zero-order chi connectivity index (χ0) is 13.7. The number of hydrogen-bond donors (Lipinski definition) is 2. The summed E-state index contributed by atoms with van der Waals surface area (Å²) >= 11 is 0. The van der Waals surface area contributed by atoms with Crippen LogP contribution in [0, 0.1) is 13.8 Å². The van der Waals surface area contributed by atoms with Crippen LogP contribution >= 0.6 is 0 Å². The van der Waals surface area contributed by atoms with Gasteiger partial charge in [0.2, 0.25) is 0 Å². The number of hydrogen-bond acceptors (Lipinski definition) is 3. The molecule has 1 aromatic rings. The van der Waals surface area contributed by atoms with E-state index in [2.05, 4.69) is 0 Å². The van der Waals surface area contributed by atoms with Crippen LogP contribution < -0.4 is 4.74 Å². The molecule has 0 spiro atoms. The zero-order valence-electron chi connectivity index (χ0n) is 11.1. The highest BCUT2D eigenvalue weighted by molar-refractivity contribution is 5.94. The van der Waals surface area contributed by atoms with E-state index in [1.807, 2.05) is 13.8 Å². The van der Waals surface area contributed by atoms with Gasteiger partial charge in [-0.05, 0) is 46.1 Å². The van der Waals surface area contributed by atoms with Crippen LogP contribution in [0.2, 0.25) is 0 Å². The Balaban J connectivity index is 2.75. The Morgan fingerprint density at radius 1 is 1.28 bits per heavy atom. The van der Waals surface area contributed by atoms with E-state index in [0.717, 1.165) is 24.0 Å². The molecule has 4 heteroatoms. The maximum atomic E-state index is 11.4. The van der Waals surface area contributed by atoms with Gasteiger partial charge in [-0.3, -0.25) is 0 Å². The van der Waals surface area contributed by atoms with Gasteiger partial charge in [-0.2, -0.15) is 0 Å². The van der Waals surface area contributed by atoms with Crippen molar-refractivity contribution < 1.29 is 19.7 Å². The fraction of sp³-hybridized carbons (Fsp3) is 0.500. The first kappa shape index (κ1) is 12.7. The fourth-order valence-corrected chi connectivity index (χ4v) is 2.46. The van der Waals surface area contributed by atoms with E-state index in [0.29, 0.717) is 11.3 Å². The van der Waals surface area contributed by atoms with Crippen LogP contribution in [-0.4, -0.2) is 21.8 Å². The third-order valence-corrected chi connectivity index (χ3v) is 3.61. The highest BCUT2D eigenvalue weighted by Gasteiger charge is 2.33. The number of phenolic OH excluding ortho intramolecular Hbond substituents is 1. The van der Waals surface area contributed by atoms with Crippen molar-refractivity contribution in [3.63, 3.8) is 0 Å². The summed E-state index contributed by atoms with van der Waals surface area (Å²) in [5, 5.41) is 19.3. The number of fused-ring (bicyclic) bond motifs is 1. The second kappa shape index (κ2) is 3.90. The molecule has 0 radical (unpaired) electrons. The lowest BCUT2D eigenvalue weighted by Crippen LogP contribution is -2.34. The fourth-order valence-electron chi connectivity index (χ4n) is 2.46. The summed E-state index contributed by atoms with van der Waals surface area (Å²) in [5.74, 6) is -0.572. The molecule has 2 rings (SSSR count). The quantitative estimate of drug-likeness (QED) is 0.804. The average molecular weight is 250 g/mol. The minimum Gasteiger partial charge on any atom is -0.507 e. The minimum absolute atomic E-state index is 0.0643. The standard InChI is InChI=1S/C14H18O4/c1-7-9-5-6-14(3,4)18-12(9)10(13(16)17)8(2)11(7)15/h15H,5-6H2,1-4H3,(H,16,17). The van der Waals surface area contributed by atoms with E-state index < -0.39 is 5.97 Å². The molecule has 2 N–H and O–H groups in total. The van der Waals surface area contributed by atoms with Crippen LogP contribution in [0.25, 0.3) is 0 Å². The van der Waals surface area contributed by atoms with Crippen LogP contribution in [0.3, 0.4) is 0 Å². The van der Waals surface area contributed by atoms with Crippen molar-refractivity contribution in [2.45, 2.75) is 46.1 Å². The smallest absolute Gasteiger partial charge is 0.339 e. The molecule has 0 fully saturated rings. The Morgan fingerprint density at radius 2 is 1.89 bits per heavy atom. The first-order chi connectivity index (χ1) is 8.24. The lowest BCUT2D eigenvalue weighted by atomic mass is 9.87. The average Bonchev–Trinajstić information content (AvgIpc) is 2.24. The van der Waals surface area contributed by atoms with Gasteiger partial charge in [-0.25, -0.2) is 4.79 Å². The summed E-state index contributed by atoms with van der Waals surface area (Å²) in [6, 6.07) is 0. The van der Waals surface area contributed by atoms with Gasteiger partial charge in [0.1, 0.15) is 22.7 Å². The molecule has 4 nitrogen and oxygen atoms in total. The van der Waals surface area contributed by atoms with Crippen LogP contribution in [0.15, 0.2) is 0 Å². The summed E-state index contributed by atoms with van der Waals surface area (Å²) in [6.45, 7) is 7.30. The predicted octanol–water partition coefficient (Wildman–Crippen LogP) is 2.81. The number of carboxylic acids is 1. The summed E-state index contributed by atoms with van der Waals surface area (Å²) in [7, 11) is 0. The summed E-state index contributed by atoms with van der Waals surface area (Å²) in [4.78, 5) is 11.4. The number of carboxylic acid groups (broad SMARTS) is 1. The van der Waals surface area contributed by atoms with Gasteiger partial charge in [0, 0.05) is 11.1 Å². The normalized spacial score (nSPS) is 16.9. The lowest BCUT2D eigenvalue weighted by molar-refractivity contribution is 0.0641. The third-order valence-electron chi connectivity index (χ3n) is 3.61. The van der Waals surface area contributed by atoms with Crippen molar-refractivity contribution in [1.29, 1.82) is 0 Å². The van der Waals surface area contributed by atoms with Gasteiger partial charge >= 0.3 is 5.97 Å². The Kier molecular flexibility index (Phi) is 2.76. The first-order valence-electron chi connectivity index (χ1n) is 6.02. The molecule has 0 unspecified atom stereocenters. The molecular weight excluding hydrogens is 232 g/mol. The number of aromatic carboxylic acids is 1. The largest absolute Gasteiger partial charge is 0.507 e. The van der Waals surface area contributed by atoms with E-state index in [4.69, 9.17) is 4.74 Å². The van der Waals surface area contributed by atoms with Gasteiger partial charge in [0.05, 0.1) is 0 Å². The summed E-state index contributed by atoms with van der Waals surface area (Å²) in [6.07, 6.45) is 1.53. The number of rotatable bonds is 1. The molecule has 1 aliphatic heterocycles. The van der Waals surface area contributed by atoms with Gasteiger partial charge in [-0.15, -0.1) is 0 Å². The molecule has 0 atom stereocenters. The second-order valence-electron chi connectivity index (χ2n) is 5.45. The van der Waals surface area contributed by atoms with Crippen LogP contribution in [0.5, 0.6) is 11.5 Å². The summed E-state index contributed by atoms with van der Waals surface area (Å²) in [5.41, 5.74) is 1.63. The van der Waals surface area contributed by atoms with E-state index in [9.17, 15) is 15.0 Å². The predicted molar refractivity (Wildman–Crippen MR) is 67.6 cm³/mol. The highest BCUT2D eigenvalue weighted by Crippen LogP contribution is 2.43. The number of phenols is 1. The Morgan fingerprint density at radius 3 is 2.44 bits per heavy atom. The van der Waals surface area contributed by atoms with Crippen molar-refractivity contribution in [1.82, 2.24) is 0 Å².